The molecule has 1 fully saturated rings. The van der Waals surface area contributed by atoms with Gasteiger partial charge in [0.1, 0.15) is 5.82 Å². The van der Waals surface area contributed by atoms with E-state index in [1.165, 1.54) is 24.5 Å². The number of hydrogen-bond acceptors (Lipinski definition) is 3. The van der Waals surface area contributed by atoms with Gasteiger partial charge in [-0.25, -0.2) is 4.39 Å². The number of aliphatic hydroxyl groups excluding tert-OH is 1. The maximum absolute atomic E-state index is 13.3. The highest BCUT2D eigenvalue weighted by Gasteiger charge is 2.36. The number of benzene rings is 1. The van der Waals surface area contributed by atoms with Crippen LogP contribution in [-0.4, -0.2) is 38.8 Å². The number of nitrogens with zero attached hydrogens (tertiary/aromatic N) is 2. The fourth-order valence-electron chi connectivity index (χ4n) is 2.60. The highest BCUT2D eigenvalue weighted by atomic mass is 19.1. The van der Waals surface area contributed by atoms with Gasteiger partial charge in [0.05, 0.1) is 23.9 Å². The first kappa shape index (κ1) is 12.8. The summed E-state index contributed by atoms with van der Waals surface area (Å²) in [6.45, 7) is 0.241. The monoisotopic (exact) mass is 275 g/mol. The van der Waals surface area contributed by atoms with Crippen molar-refractivity contribution in [2.24, 2.45) is 0 Å². The molecule has 3 rings (SSSR count). The lowest BCUT2D eigenvalue weighted by Crippen LogP contribution is -2.31. The summed E-state index contributed by atoms with van der Waals surface area (Å²) in [6.07, 6.45) is 2.76. The lowest BCUT2D eigenvalue weighted by atomic mass is 10.0. The number of aromatic amines is 1. The number of amides is 1. The van der Waals surface area contributed by atoms with Crippen molar-refractivity contribution < 1.29 is 14.3 Å². The largest absolute Gasteiger partial charge is 0.391 e. The van der Waals surface area contributed by atoms with Crippen LogP contribution in [0, 0.1) is 5.82 Å². The molecule has 2 heterocycles. The molecule has 2 atom stereocenters. The molecule has 0 unspecified atom stereocenters. The summed E-state index contributed by atoms with van der Waals surface area (Å²) in [4.78, 5) is 13.9. The first-order valence-electron chi connectivity index (χ1n) is 6.38. The standard InChI is InChI=1S/C14H14FN3O2/c15-11-3-1-2-9(4-11)13-5-12(19)8-18(13)14(20)10-6-16-17-7-10/h1-4,6-7,12-13,19H,5,8H2,(H,16,17)/t12-,13+/m1/s1. The molecule has 1 aliphatic rings. The minimum atomic E-state index is -0.598. The summed E-state index contributed by atoms with van der Waals surface area (Å²) >= 11 is 0. The Morgan fingerprint density at radius 2 is 2.35 bits per heavy atom. The molecule has 2 aromatic rings. The van der Waals surface area contributed by atoms with Crippen molar-refractivity contribution in [2.75, 3.05) is 6.54 Å². The number of nitrogens with one attached hydrogen (secondary N) is 1. The van der Waals surface area contributed by atoms with Gasteiger partial charge in [0.25, 0.3) is 5.91 Å². The number of carbonyl (C=O) groups is 1. The van der Waals surface area contributed by atoms with Crippen LogP contribution in [0.25, 0.3) is 0 Å². The fraction of sp³-hybridized carbons (Fsp3) is 0.286. The molecule has 0 bridgehead atoms. The molecular formula is C14H14FN3O2. The van der Waals surface area contributed by atoms with Gasteiger partial charge in [-0.2, -0.15) is 5.10 Å². The molecule has 0 radical (unpaired) electrons. The molecule has 1 aromatic heterocycles. The number of aromatic nitrogens is 2. The lowest BCUT2D eigenvalue weighted by molar-refractivity contribution is 0.0715. The number of β-amino-alcohol motifs (C(OH)–C–C–N with tert-alkyl or cyclic N) is 1. The summed E-state index contributed by atoms with van der Waals surface area (Å²) in [5.74, 6) is -0.566. The maximum atomic E-state index is 13.3. The molecule has 0 spiro atoms. The predicted octanol–water partition coefficient (Wildman–Crippen LogP) is 1.50. The van der Waals surface area contributed by atoms with Gasteiger partial charge >= 0.3 is 0 Å². The van der Waals surface area contributed by atoms with Crippen molar-refractivity contribution in [1.29, 1.82) is 0 Å². The number of carbonyl (C=O) groups excluding carboxylic acids is 1. The molecular weight excluding hydrogens is 261 g/mol. The SMILES string of the molecule is O=C(c1cn[nH]c1)N1C[C@H](O)C[C@H]1c1cccc(F)c1. The van der Waals surface area contributed by atoms with Crippen LogP contribution in [0.15, 0.2) is 36.7 Å². The van der Waals surface area contributed by atoms with Crippen molar-refractivity contribution in [3.8, 4) is 0 Å². The number of halogens is 1. The average Bonchev–Trinajstić information content (AvgIpc) is 3.07. The second kappa shape index (κ2) is 5.05. The van der Waals surface area contributed by atoms with E-state index >= 15 is 0 Å². The molecule has 1 saturated heterocycles. The van der Waals surface area contributed by atoms with Crippen LogP contribution in [0.5, 0.6) is 0 Å². The van der Waals surface area contributed by atoms with Crippen LogP contribution in [0.2, 0.25) is 0 Å². The van der Waals surface area contributed by atoms with Crippen LogP contribution in [0.1, 0.15) is 28.4 Å². The van der Waals surface area contributed by atoms with Crippen molar-refractivity contribution in [3.05, 3.63) is 53.6 Å². The molecule has 5 nitrogen and oxygen atoms in total. The predicted molar refractivity (Wildman–Crippen MR) is 69.4 cm³/mol. The average molecular weight is 275 g/mol. The third-order valence-electron chi connectivity index (χ3n) is 3.52. The van der Waals surface area contributed by atoms with Gasteiger partial charge in [-0.15, -0.1) is 0 Å². The van der Waals surface area contributed by atoms with Crippen LogP contribution in [0.4, 0.5) is 4.39 Å². The minimum absolute atomic E-state index is 0.218. The van der Waals surface area contributed by atoms with Crippen molar-refractivity contribution in [3.63, 3.8) is 0 Å². The third-order valence-corrected chi connectivity index (χ3v) is 3.52. The second-order valence-corrected chi connectivity index (χ2v) is 4.90. The smallest absolute Gasteiger partial charge is 0.257 e. The number of rotatable bonds is 2. The van der Waals surface area contributed by atoms with E-state index in [-0.39, 0.29) is 24.3 Å². The topological polar surface area (TPSA) is 69.2 Å². The van der Waals surface area contributed by atoms with Gasteiger partial charge in [-0.1, -0.05) is 12.1 Å². The molecule has 1 aliphatic heterocycles. The maximum Gasteiger partial charge on any atom is 0.257 e. The Morgan fingerprint density at radius 1 is 1.50 bits per heavy atom. The molecule has 0 aliphatic carbocycles. The number of hydrogen-bond donors (Lipinski definition) is 2. The Balaban J connectivity index is 1.91. The second-order valence-electron chi connectivity index (χ2n) is 4.90. The minimum Gasteiger partial charge on any atom is -0.391 e. The highest BCUT2D eigenvalue weighted by Crippen LogP contribution is 2.33. The van der Waals surface area contributed by atoms with E-state index in [1.54, 1.807) is 17.0 Å². The molecule has 0 saturated carbocycles. The van der Waals surface area contributed by atoms with E-state index in [9.17, 15) is 14.3 Å². The molecule has 6 heteroatoms. The Hall–Kier alpha value is -2.21. The molecule has 20 heavy (non-hydrogen) atoms. The molecule has 2 N–H and O–H groups in total. The van der Waals surface area contributed by atoms with Gasteiger partial charge in [-0.05, 0) is 24.1 Å². The highest BCUT2D eigenvalue weighted by molar-refractivity contribution is 5.94. The Kier molecular flexibility index (Phi) is 3.23. The quantitative estimate of drug-likeness (QED) is 0.872. The van der Waals surface area contributed by atoms with Gasteiger partial charge in [0.2, 0.25) is 0 Å². The molecule has 1 amide bonds. The van der Waals surface area contributed by atoms with Crippen molar-refractivity contribution in [2.45, 2.75) is 18.6 Å². The fourth-order valence-corrected chi connectivity index (χ4v) is 2.60. The van der Waals surface area contributed by atoms with Gasteiger partial charge in [0.15, 0.2) is 0 Å². The van der Waals surface area contributed by atoms with E-state index in [2.05, 4.69) is 10.2 Å². The first-order chi connectivity index (χ1) is 9.65. The van der Waals surface area contributed by atoms with E-state index in [0.29, 0.717) is 17.5 Å². The normalized spacial score (nSPS) is 22.2. The lowest BCUT2D eigenvalue weighted by Gasteiger charge is -2.24. The third kappa shape index (κ3) is 2.30. The van der Waals surface area contributed by atoms with Crippen LogP contribution in [0.3, 0.4) is 0 Å². The zero-order valence-corrected chi connectivity index (χ0v) is 10.7. The number of likely N-dealkylation sites (tertiary alicyclic amines) is 1. The molecule has 104 valence electrons. The van der Waals surface area contributed by atoms with Gasteiger partial charge in [0, 0.05) is 12.7 Å². The van der Waals surface area contributed by atoms with E-state index in [0.717, 1.165) is 0 Å². The summed E-state index contributed by atoms with van der Waals surface area (Å²) in [5.41, 5.74) is 1.12. The summed E-state index contributed by atoms with van der Waals surface area (Å²) < 4.78 is 13.3. The summed E-state index contributed by atoms with van der Waals surface area (Å²) in [5, 5.41) is 16.2. The Labute approximate surface area is 115 Å². The number of aliphatic hydroxyl groups is 1. The van der Waals surface area contributed by atoms with E-state index < -0.39 is 6.10 Å². The Morgan fingerprint density at radius 3 is 3.05 bits per heavy atom. The zero-order chi connectivity index (χ0) is 14.1. The molecule has 1 aromatic carbocycles. The van der Waals surface area contributed by atoms with Gasteiger partial charge in [-0.3, -0.25) is 9.89 Å². The van der Waals surface area contributed by atoms with Gasteiger partial charge < -0.3 is 10.0 Å². The van der Waals surface area contributed by atoms with E-state index in [1.807, 2.05) is 0 Å². The summed E-state index contributed by atoms with van der Waals surface area (Å²) in [6, 6.07) is 5.82. The zero-order valence-electron chi connectivity index (χ0n) is 10.7. The van der Waals surface area contributed by atoms with E-state index in [4.69, 9.17) is 0 Å². The summed E-state index contributed by atoms with van der Waals surface area (Å²) in [7, 11) is 0. The van der Waals surface area contributed by atoms with Crippen LogP contribution < -0.4 is 0 Å². The van der Waals surface area contributed by atoms with Crippen LogP contribution >= 0.6 is 0 Å². The Bertz CT molecular complexity index is 615. The number of H-pyrrole nitrogens is 1. The van der Waals surface area contributed by atoms with Crippen LogP contribution in [-0.2, 0) is 0 Å². The van der Waals surface area contributed by atoms with Crippen molar-refractivity contribution in [1.82, 2.24) is 15.1 Å². The van der Waals surface area contributed by atoms with Crippen molar-refractivity contribution >= 4 is 5.91 Å². The first-order valence-corrected chi connectivity index (χ1v) is 6.38.